The van der Waals surface area contributed by atoms with Crippen LogP contribution in [0.3, 0.4) is 0 Å². The Morgan fingerprint density at radius 1 is 1.33 bits per heavy atom. The fraction of sp³-hybridized carbons (Fsp3) is 0.444. The quantitative estimate of drug-likeness (QED) is 0.523. The summed E-state index contributed by atoms with van der Waals surface area (Å²) in [5.74, 6) is 3.52. The van der Waals surface area contributed by atoms with Crippen molar-refractivity contribution in [2.45, 2.75) is 49.6 Å². The molecule has 1 aromatic rings. The molecular weight excluding hydrogens is 322 g/mol. The summed E-state index contributed by atoms with van der Waals surface area (Å²) in [6.07, 6.45) is 7.34. The van der Waals surface area contributed by atoms with Gasteiger partial charge in [0.2, 0.25) is 5.91 Å². The van der Waals surface area contributed by atoms with Crippen molar-refractivity contribution in [1.29, 1.82) is 0 Å². The minimum Gasteiger partial charge on any atom is -0.382 e. The summed E-state index contributed by atoms with van der Waals surface area (Å²) < 4.78 is 15.2. The van der Waals surface area contributed by atoms with Gasteiger partial charge in [0.15, 0.2) is 0 Å². The third-order valence-electron chi connectivity index (χ3n) is 4.39. The van der Waals surface area contributed by atoms with Gasteiger partial charge in [0.05, 0.1) is 9.71 Å². The van der Waals surface area contributed by atoms with Crippen LogP contribution in [0, 0.1) is 0 Å². The number of anilines is 1. The van der Waals surface area contributed by atoms with Crippen LogP contribution in [0.25, 0.3) is 0 Å². The fourth-order valence-corrected chi connectivity index (χ4v) is 3.76. The van der Waals surface area contributed by atoms with Crippen LogP contribution in [0.4, 0.5) is 5.69 Å². The molecule has 2 rings (SSSR count). The maximum atomic E-state index is 12.5. The zero-order valence-corrected chi connectivity index (χ0v) is 15.1. The predicted octanol–water partition coefficient (Wildman–Crippen LogP) is 2.44. The molecular formula is C18H27N3O2S. The van der Waals surface area contributed by atoms with E-state index in [1.54, 1.807) is 7.05 Å². The molecule has 1 fully saturated rings. The van der Waals surface area contributed by atoms with E-state index in [0.717, 1.165) is 24.1 Å². The van der Waals surface area contributed by atoms with E-state index in [9.17, 15) is 9.00 Å². The Labute approximate surface area is 145 Å². The molecule has 6 heteroatoms. The maximum absolute atomic E-state index is 12.5. The van der Waals surface area contributed by atoms with Gasteiger partial charge in [0, 0.05) is 23.2 Å². The van der Waals surface area contributed by atoms with Gasteiger partial charge in [-0.1, -0.05) is 25.8 Å². The zero-order valence-electron chi connectivity index (χ0n) is 14.3. The molecule has 1 aliphatic rings. The van der Waals surface area contributed by atoms with E-state index in [-0.39, 0.29) is 5.91 Å². The molecule has 0 bridgehead atoms. The fourth-order valence-electron chi connectivity index (χ4n) is 2.90. The Kier molecular flexibility index (Phi) is 6.45. The number of amides is 1. The predicted molar refractivity (Wildman–Crippen MR) is 102 cm³/mol. The van der Waals surface area contributed by atoms with E-state index < -0.39 is 9.71 Å². The molecule has 0 saturated heterocycles. The number of rotatable bonds is 7. The smallest absolute Gasteiger partial charge is 0.243 e. The molecule has 1 aromatic carbocycles. The van der Waals surface area contributed by atoms with Gasteiger partial charge in [0.25, 0.3) is 0 Å². The molecule has 0 radical (unpaired) electrons. The first-order valence-corrected chi connectivity index (χ1v) is 10.0. The summed E-state index contributed by atoms with van der Waals surface area (Å²) in [4.78, 5) is 12.1. The van der Waals surface area contributed by atoms with Gasteiger partial charge in [-0.2, -0.15) is 0 Å². The van der Waals surface area contributed by atoms with Gasteiger partial charge in [-0.25, -0.2) is 8.93 Å². The number of benzene rings is 1. The zero-order chi connectivity index (χ0) is 17.6. The summed E-state index contributed by atoms with van der Waals surface area (Å²) in [6.45, 7) is 3.82. The molecule has 0 spiro atoms. The van der Waals surface area contributed by atoms with Crippen LogP contribution in [-0.2, 0) is 21.0 Å². The van der Waals surface area contributed by atoms with Crippen molar-refractivity contribution in [1.82, 2.24) is 10.0 Å². The average Bonchev–Trinajstić information content (AvgIpc) is 2.61. The van der Waals surface area contributed by atoms with Crippen molar-refractivity contribution in [2.75, 3.05) is 12.4 Å². The lowest BCUT2D eigenvalue weighted by atomic mass is 9.95. The second-order valence-electron chi connectivity index (χ2n) is 6.10. The highest BCUT2D eigenvalue weighted by atomic mass is 32.2. The number of carbonyl (C=O) groups excluding carboxylic acids is 1. The number of hydrogen-bond donors (Lipinski definition) is 3. The highest BCUT2D eigenvalue weighted by Gasteiger charge is 2.16. The molecule has 0 aliphatic heterocycles. The van der Waals surface area contributed by atoms with Crippen LogP contribution < -0.4 is 15.4 Å². The van der Waals surface area contributed by atoms with Gasteiger partial charge >= 0.3 is 0 Å². The van der Waals surface area contributed by atoms with Crippen molar-refractivity contribution < 1.29 is 9.00 Å². The summed E-state index contributed by atoms with van der Waals surface area (Å²) >= 11 is 0. The van der Waals surface area contributed by atoms with Crippen molar-refractivity contribution in [3.05, 3.63) is 36.4 Å². The van der Waals surface area contributed by atoms with Gasteiger partial charge in [-0.05, 0) is 55.6 Å². The van der Waals surface area contributed by atoms with Crippen LogP contribution in [0.15, 0.2) is 35.7 Å². The number of carbonyl (C=O) groups is 1. The molecule has 1 aliphatic carbocycles. The molecule has 1 unspecified atom stereocenters. The molecule has 1 atom stereocenters. The highest BCUT2D eigenvalue weighted by molar-refractivity contribution is 7.98. The van der Waals surface area contributed by atoms with Gasteiger partial charge in [-0.3, -0.25) is 4.79 Å². The normalized spacial score (nSPS) is 17.7. The highest BCUT2D eigenvalue weighted by Crippen LogP contribution is 2.26. The maximum Gasteiger partial charge on any atom is 0.243 e. The van der Waals surface area contributed by atoms with Crippen LogP contribution in [0.5, 0.6) is 0 Å². The SMILES string of the molecule is C=CC(=O)NCc1cc(S(=C)(=O)NC)ccc1NC1CCCCC1. The van der Waals surface area contributed by atoms with Crippen molar-refractivity contribution in [3.8, 4) is 0 Å². The Morgan fingerprint density at radius 2 is 2.04 bits per heavy atom. The first kappa shape index (κ1) is 18.5. The Balaban J connectivity index is 2.26. The van der Waals surface area contributed by atoms with Crippen LogP contribution in [-0.4, -0.2) is 29.1 Å². The second kappa shape index (κ2) is 8.35. The molecule has 132 valence electrons. The standard InChI is InChI=1S/C18H27N3O2S/c1-4-18(22)20-13-14-12-16(24(3,23)19-2)10-11-17(14)21-15-8-6-5-7-9-15/h4,10-12,15,21H,1,3,5-9,13H2,2H3,(H,19,23)(H,20,22). The van der Waals surface area contributed by atoms with Crippen LogP contribution >= 0.6 is 0 Å². The lowest BCUT2D eigenvalue weighted by Gasteiger charge is -2.25. The topological polar surface area (TPSA) is 70.2 Å². The third-order valence-corrected chi connectivity index (χ3v) is 6.07. The molecule has 5 nitrogen and oxygen atoms in total. The Hall–Kier alpha value is -1.79. The Morgan fingerprint density at radius 3 is 2.67 bits per heavy atom. The van der Waals surface area contributed by atoms with Gasteiger partial charge < -0.3 is 10.6 Å². The lowest BCUT2D eigenvalue weighted by Crippen LogP contribution is -2.26. The minimum atomic E-state index is -2.53. The number of nitrogens with one attached hydrogen (secondary N) is 3. The summed E-state index contributed by atoms with van der Waals surface area (Å²) in [6, 6.07) is 6.06. The van der Waals surface area contributed by atoms with Gasteiger partial charge in [0.1, 0.15) is 0 Å². The van der Waals surface area contributed by atoms with Gasteiger partial charge in [-0.15, -0.1) is 0 Å². The largest absolute Gasteiger partial charge is 0.382 e. The summed E-state index contributed by atoms with van der Waals surface area (Å²) in [7, 11) is -0.898. The van der Waals surface area contributed by atoms with Crippen molar-refractivity contribution >= 4 is 27.2 Å². The van der Waals surface area contributed by atoms with E-state index in [0.29, 0.717) is 17.5 Å². The average molecular weight is 350 g/mol. The van der Waals surface area contributed by atoms with Crippen molar-refractivity contribution in [3.63, 3.8) is 0 Å². The molecule has 3 N–H and O–H groups in total. The first-order valence-electron chi connectivity index (χ1n) is 8.31. The third kappa shape index (κ3) is 4.85. The van der Waals surface area contributed by atoms with Crippen LogP contribution in [0.1, 0.15) is 37.7 Å². The monoisotopic (exact) mass is 349 g/mol. The van der Waals surface area contributed by atoms with Crippen molar-refractivity contribution in [2.24, 2.45) is 0 Å². The minimum absolute atomic E-state index is 0.229. The van der Waals surface area contributed by atoms with Crippen LogP contribution in [0.2, 0.25) is 0 Å². The molecule has 1 amide bonds. The lowest BCUT2D eigenvalue weighted by molar-refractivity contribution is -0.116. The summed E-state index contributed by atoms with van der Waals surface area (Å²) in [5.41, 5.74) is 1.88. The second-order valence-corrected chi connectivity index (χ2v) is 8.33. The van der Waals surface area contributed by atoms with E-state index in [1.165, 1.54) is 25.3 Å². The van der Waals surface area contributed by atoms with E-state index >= 15 is 0 Å². The molecule has 24 heavy (non-hydrogen) atoms. The van der Waals surface area contributed by atoms with E-state index in [4.69, 9.17) is 0 Å². The first-order chi connectivity index (χ1) is 11.5. The Bertz CT molecular complexity index is 692. The molecule has 0 heterocycles. The molecule has 1 saturated carbocycles. The van der Waals surface area contributed by atoms with E-state index in [1.807, 2.05) is 18.2 Å². The van der Waals surface area contributed by atoms with E-state index in [2.05, 4.69) is 27.8 Å². The molecule has 0 aromatic heterocycles. The number of hydrogen-bond acceptors (Lipinski definition) is 3. The summed E-state index contributed by atoms with van der Waals surface area (Å²) in [5, 5.41) is 6.37.